The van der Waals surface area contributed by atoms with Gasteiger partial charge in [-0.2, -0.15) is 4.31 Å². The molecule has 0 spiro atoms. The maximum atomic E-state index is 12.9. The van der Waals surface area contributed by atoms with E-state index in [-0.39, 0.29) is 35.3 Å². The number of nitrogens with one attached hydrogen (secondary N) is 1. The van der Waals surface area contributed by atoms with Crippen LogP contribution >= 0.6 is 11.6 Å². The third-order valence-corrected chi connectivity index (χ3v) is 7.13. The number of sulfonamides is 1. The summed E-state index contributed by atoms with van der Waals surface area (Å²) in [6.07, 6.45) is 0.733. The minimum Gasteiger partial charge on any atom is -0.494 e. The molecule has 32 heavy (non-hydrogen) atoms. The molecule has 2 aromatic carbocycles. The van der Waals surface area contributed by atoms with Crippen LogP contribution in [0.15, 0.2) is 47.4 Å². The smallest absolute Gasteiger partial charge is 0.244 e. The number of amides is 1. The highest BCUT2D eigenvalue weighted by Gasteiger charge is 2.28. The first-order valence-corrected chi connectivity index (χ1v) is 12.2. The lowest BCUT2D eigenvalue weighted by atomic mass is 10.2. The van der Waals surface area contributed by atoms with Crippen molar-refractivity contribution >= 4 is 33.2 Å². The van der Waals surface area contributed by atoms with Gasteiger partial charge in [-0.1, -0.05) is 11.6 Å². The van der Waals surface area contributed by atoms with Crippen LogP contribution in [0.1, 0.15) is 19.8 Å². The number of anilines is 1. The van der Waals surface area contributed by atoms with Crippen LogP contribution in [0.5, 0.6) is 11.5 Å². The van der Waals surface area contributed by atoms with Crippen molar-refractivity contribution in [1.82, 2.24) is 4.31 Å². The molecule has 1 aliphatic rings. The van der Waals surface area contributed by atoms with Crippen molar-refractivity contribution in [3.8, 4) is 11.5 Å². The summed E-state index contributed by atoms with van der Waals surface area (Å²) in [4.78, 5) is 12.3. The van der Waals surface area contributed by atoms with Crippen LogP contribution in [0, 0.1) is 0 Å². The average molecular weight is 483 g/mol. The van der Waals surface area contributed by atoms with Crippen LogP contribution in [0.3, 0.4) is 0 Å². The zero-order chi connectivity index (χ0) is 23.0. The first kappa shape index (κ1) is 24.3. The van der Waals surface area contributed by atoms with Crippen LogP contribution in [-0.2, 0) is 19.6 Å². The molecule has 174 valence electrons. The Hall–Kier alpha value is -2.33. The molecule has 0 atom stereocenters. The van der Waals surface area contributed by atoms with Crippen molar-refractivity contribution in [2.24, 2.45) is 0 Å². The van der Waals surface area contributed by atoms with Crippen molar-refractivity contribution in [2.45, 2.75) is 24.7 Å². The van der Waals surface area contributed by atoms with Crippen molar-refractivity contribution < 1.29 is 27.4 Å². The summed E-state index contributed by atoms with van der Waals surface area (Å²) >= 11 is 6.15. The van der Waals surface area contributed by atoms with Gasteiger partial charge in [-0.3, -0.25) is 4.79 Å². The Morgan fingerprint density at radius 2 is 1.75 bits per heavy atom. The van der Waals surface area contributed by atoms with Gasteiger partial charge < -0.3 is 19.5 Å². The Morgan fingerprint density at radius 3 is 2.41 bits per heavy atom. The third-order valence-electron chi connectivity index (χ3n) is 4.75. The van der Waals surface area contributed by atoms with E-state index < -0.39 is 10.0 Å². The van der Waals surface area contributed by atoms with Crippen LogP contribution in [0.2, 0.25) is 5.02 Å². The van der Waals surface area contributed by atoms with Crippen LogP contribution < -0.4 is 14.8 Å². The molecule has 0 aromatic heterocycles. The minimum atomic E-state index is -3.77. The number of benzene rings is 2. The van der Waals surface area contributed by atoms with Gasteiger partial charge in [0.2, 0.25) is 15.9 Å². The van der Waals surface area contributed by atoms with Gasteiger partial charge in [-0.25, -0.2) is 8.42 Å². The van der Waals surface area contributed by atoms with E-state index in [9.17, 15) is 13.2 Å². The highest BCUT2D eigenvalue weighted by atomic mass is 35.5. The normalized spacial score (nSPS) is 14.7. The van der Waals surface area contributed by atoms with Gasteiger partial charge in [0.25, 0.3) is 0 Å². The Balaban J connectivity index is 1.51. The minimum absolute atomic E-state index is 0.0299. The van der Waals surface area contributed by atoms with Gasteiger partial charge in [0.1, 0.15) is 16.4 Å². The van der Waals surface area contributed by atoms with Gasteiger partial charge in [0.15, 0.2) is 0 Å². The number of hydrogen-bond acceptors (Lipinski definition) is 6. The number of morpholine rings is 1. The predicted molar refractivity (Wildman–Crippen MR) is 122 cm³/mol. The fourth-order valence-electron chi connectivity index (χ4n) is 3.15. The molecule has 2 aromatic rings. The van der Waals surface area contributed by atoms with Crippen LogP contribution in [-0.4, -0.2) is 58.1 Å². The van der Waals surface area contributed by atoms with E-state index in [1.54, 1.807) is 6.07 Å². The number of halogens is 1. The zero-order valence-electron chi connectivity index (χ0n) is 17.9. The predicted octanol–water partition coefficient (Wildman–Crippen LogP) is 3.56. The molecule has 10 heteroatoms. The van der Waals surface area contributed by atoms with E-state index in [4.69, 9.17) is 25.8 Å². The van der Waals surface area contributed by atoms with Gasteiger partial charge in [-0.15, -0.1) is 0 Å². The summed E-state index contributed by atoms with van der Waals surface area (Å²) in [6.45, 7) is 4.11. The molecule has 8 nitrogen and oxygen atoms in total. The quantitative estimate of drug-likeness (QED) is 0.520. The molecule has 1 aliphatic heterocycles. The van der Waals surface area contributed by atoms with E-state index in [2.05, 4.69) is 5.32 Å². The topological polar surface area (TPSA) is 94.2 Å². The molecule has 0 unspecified atom stereocenters. The Labute approximate surface area is 193 Å². The van der Waals surface area contributed by atoms with Crippen molar-refractivity contribution in [1.29, 1.82) is 0 Å². The van der Waals surface area contributed by atoms with E-state index in [0.717, 1.165) is 5.75 Å². The maximum Gasteiger partial charge on any atom is 0.244 e. The van der Waals surface area contributed by atoms with E-state index in [0.29, 0.717) is 44.3 Å². The summed E-state index contributed by atoms with van der Waals surface area (Å²) in [5.41, 5.74) is 0.374. The molecular weight excluding hydrogens is 456 g/mol. The lowest BCUT2D eigenvalue weighted by Crippen LogP contribution is -2.40. The number of nitrogens with zero attached hydrogens (tertiary/aromatic N) is 1. The molecular formula is C22H27ClN2O6S. The molecule has 0 aliphatic carbocycles. The van der Waals surface area contributed by atoms with Gasteiger partial charge in [0.05, 0.1) is 31.5 Å². The fourth-order valence-corrected chi connectivity index (χ4v) is 5.06. The molecule has 1 amide bonds. The molecule has 0 saturated carbocycles. The highest BCUT2D eigenvalue weighted by molar-refractivity contribution is 7.89. The summed E-state index contributed by atoms with van der Waals surface area (Å²) in [5, 5.41) is 2.84. The second kappa shape index (κ2) is 11.5. The summed E-state index contributed by atoms with van der Waals surface area (Å²) < 4.78 is 43.4. The molecule has 1 saturated heterocycles. The second-order valence-corrected chi connectivity index (χ2v) is 9.38. The SMILES string of the molecule is CCOc1ccc(OCCCC(=O)Nc2ccc(Cl)c(S(=O)(=O)N3CCOCC3)c2)cc1. The molecule has 1 N–H and O–H groups in total. The van der Waals surface area contributed by atoms with Crippen LogP contribution in [0.4, 0.5) is 5.69 Å². The zero-order valence-corrected chi connectivity index (χ0v) is 19.5. The molecule has 1 heterocycles. The molecule has 1 fully saturated rings. The van der Waals surface area contributed by atoms with Gasteiger partial charge in [-0.05, 0) is 55.8 Å². The summed E-state index contributed by atoms with van der Waals surface area (Å²) in [7, 11) is -3.77. The number of ether oxygens (including phenoxy) is 3. The Kier molecular flexibility index (Phi) is 8.75. The van der Waals surface area contributed by atoms with Gasteiger partial charge >= 0.3 is 0 Å². The number of carbonyl (C=O) groups is 1. The standard InChI is InChI=1S/C22H27ClN2O6S/c1-2-30-18-6-8-19(9-7-18)31-13-3-4-22(26)24-17-5-10-20(23)21(16-17)32(27,28)25-11-14-29-15-12-25/h5-10,16H,2-4,11-15H2,1H3,(H,24,26). The lowest BCUT2D eigenvalue weighted by molar-refractivity contribution is -0.116. The largest absolute Gasteiger partial charge is 0.494 e. The van der Waals surface area contributed by atoms with Crippen molar-refractivity contribution in [2.75, 3.05) is 44.8 Å². The number of carbonyl (C=O) groups excluding carboxylic acids is 1. The van der Waals surface area contributed by atoms with Gasteiger partial charge in [0, 0.05) is 25.2 Å². The second-order valence-electron chi connectivity index (χ2n) is 7.07. The average Bonchev–Trinajstić information content (AvgIpc) is 2.80. The summed E-state index contributed by atoms with van der Waals surface area (Å²) in [5.74, 6) is 1.24. The molecule has 0 radical (unpaired) electrons. The molecule has 0 bridgehead atoms. The van der Waals surface area contributed by atoms with Crippen LogP contribution in [0.25, 0.3) is 0 Å². The Morgan fingerprint density at radius 1 is 1.09 bits per heavy atom. The fraction of sp³-hybridized carbons (Fsp3) is 0.409. The van der Waals surface area contributed by atoms with Crippen molar-refractivity contribution in [3.63, 3.8) is 0 Å². The first-order valence-electron chi connectivity index (χ1n) is 10.4. The highest BCUT2D eigenvalue weighted by Crippen LogP contribution is 2.28. The van der Waals surface area contributed by atoms with E-state index in [1.807, 2.05) is 31.2 Å². The lowest BCUT2D eigenvalue weighted by Gasteiger charge is -2.26. The van der Waals surface area contributed by atoms with E-state index in [1.165, 1.54) is 16.4 Å². The first-order chi connectivity index (χ1) is 15.4. The number of hydrogen-bond donors (Lipinski definition) is 1. The number of rotatable bonds is 10. The Bertz CT molecular complexity index is 1010. The monoisotopic (exact) mass is 482 g/mol. The van der Waals surface area contributed by atoms with E-state index >= 15 is 0 Å². The third kappa shape index (κ3) is 6.59. The maximum absolute atomic E-state index is 12.9. The molecule has 3 rings (SSSR count). The summed E-state index contributed by atoms with van der Waals surface area (Å²) in [6, 6.07) is 11.7. The van der Waals surface area contributed by atoms with Crippen molar-refractivity contribution in [3.05, 3.63) is 47.5 Å².